The zero-order chi connectivity index (χ0) is 21.9. The van der Waals surface area contributed by atoms with Crippen molar-refractivity contribution in [1.29, 1.82) is 5.26 Å². The van der Waals surface area contributed by atoms with E-state index in [4.69, 9.17) is 4.74 Å². The van der Waals surface area contributed by atoms with E-state index in [1.165, 1.54) is 5.56 Å². The first-order valence-corrected chi connectivity index (χ1v) is 11.5. The van der Waals surface area contributed by atoms with Crippen molar-refractivity contribution in [1.82, 2.24) is 19.8 Å². The Morgan fingerprint density at radius 1 is 1.16 bits per heavy atom. The first-order valence-electron chi connectivity index (χ1n) is 11.5. The Bertz CT molecular complexity index is 1090. The van der Waals surface area contributed by atoms with Crippen LogP contribution in [0.1, 0.15) is 18.2 Å². The fourth-order valence-corrected chi connectivity index (χ4v) is 5.09. The summed E-state index contributed by atoms with van der Waals surface area (Å²) in [7, 11) is 0. The van der Waals surface area contributed by atoms with Crippen LogP contribution in [0.4, 0.5) is 5.69 Å². The zero-order valence-corrected chi connectivity index (χ0v) is 18.5. The largest absolute Gasteiger partial charge is 0.370 e. The van der Waals surface area contributed by atoms with E-state index >= 15 is 0 Å². The molecule has 2 fully saturated rings. The molecule has 0 saturated carbocycles. The van der Waals surface area contributed by atoms with E-state index in [-0.39, 0.29) is 12.2 Å². The average molecular weight is 431 g/mol. The number of anilines is 1. The summed E-state index contributed by atoms with van der Waals surface area (Å²) >= 11 is 0. The highest BCUT2D eigenvalue weighted by atomic mass is 16.5. The SMILES string of the molecule is C[C@@H]1CN(c2ccc(C#N)n3nccc23)C[C@H](CN2CCNCC2Cc2ccccc2)O1. The Morgan fingerprint density at radius 2 is 2.03 bits per heavy atom. The first-order chi connectivity index (χ1) is 15.7. The van der Waals surface area contributed by atoms with Crippen LogP contribution in [0.15, 0.2) is 54.7 Å². The highest BCUT2D eigenvalue weighted by molar-refractivity contribution is 5.74. The lowest BCUT2D eigenvalue weighted by Gasteiger charge is -2.43. The Morgan fingerprint density at radius 3 is 2.88 bits per heavy atom. The lowest BCUT2D eigenvalue weighted by molar-refractivity contribution is -0.0405. The van der Waals surface area contributed by atoms with Crippen molar-refractivity contribution in [3.63, 3.8) is 0 Å². The fourth-order valence-electron chi connectivity index (χ4n) is 5.09. The lowest BCUT2D eigenvalue weighted by Crippen LogP contribution is -2.57. The maximum absolute atomic E-state index is 9.40. The van der Waals surface area contributed by atoms with Crippen LogP contribution in [-0.4, -0.2) is 72.0 Å². The van der Waals surface area contributed by atoms with Gasteiger partial charge in [-0.25, -0.2) is 4.52 Å². The first kappa shape index (κ1) is 21.0. The van der Waals surface area contributed by atoms with Crippen LogP contribution in [0, 0.1) is 11.3 Å². The standard InChI is InChI=1S/C25H30N6O/c1-19-16-30(24-8-7-21(14-26)31-25(24)9-10-28-31)18-23(32-19)17-29-12-11-27-15-22(29)13-20-5-3-2-4-6-20/h2-10,19,22-23,27H,11-13,15-18H2,1H3/t19-,22?,23+/m1/s1. The number of rotatable bonds is 5. The quantitative estimate of drug-likeness (QED) is 0.670. The van der Waals surface area contributed by atoms with Gasteiger partial charge in [-0.05, 0) is 37.1 Å². The molecule has 7 nitrogen and oxygen atoms in total. The predicted octanol–water partition coefficient (Wildman–Crippen LogP) is 2.32. The molecule has 1 N–H and O–H groups in total. The molecule has 2 aliphatic heterocycles. The number of hydrogen-bond acceptors (Lipinski definition) is 6. The number of fused-ring (bicyclic) bond motifs is 1. The number of benzene rings is 1. The Hall–Kier alpha value is -2.92. The van der Waals surface area contributed by atoms with Crippen molar-refractivity contribution in [3.8, 4) is 6.07 Å². The highest BCUT2D eigenvalue weighted by Gasteiger charge is 2.31. The van der Waals surface area contributed by atoms with Gasteiger partial charge in [0.15, 0.2) is 0 Å². The van der Waals surface area contributed by atoms with E-state index in [0.717, 1.165) is 56.9 Å². The molecule has 7 heteroatoms. The van der Waals surface area contributed by atoms with Crippen LogP contribution in [0.3, 0.4) is 0 Å². The number of aromatic nitrogens is 2. The van der Waals surface area contributed by atoms with Crippen molar-refractivity contribution >= 4 is 11.2 Å². The number of pyridine rings is 1. The minimum Gasteiger partial charge on any atom is -0.370 e. The minimum atomic E-state index is 0.133. The summed E-state index contributed by atoms with van der Waals surface area (Å²) in [6, 6.07) is 19.3. The van der Waals surface area contributed by atoms with Crippen LogP contribution in [0.5, 0.6) is 0 Å². The molecule has 0 amide bonds. The van der Waals surface area contributed by atoms with Gasteiger partial charge in [-0.15, -0.1) is 0 Å². The summed E-state index contributed by atoms with van der Waals surface area (Å²) < 4.78 is 8.13. The summed E-state index contributed by atoms with van der Waals surface area (Å²) in [6.07, 6.45) is 3.08. The molecule has 2 aliphatic rings. The van der Waals surface area contributed by atoms with Crippen LogP contribution in [0.2, 0.25) is 0 Å². The summed E-state index contributed by atoms with van der Waals surface area (Å²) in [4.78, 5) is 4.99. The summed E-state index contributed by atoms with van der Waals surface area (Å²) in [6.45, 7) is 7.80. The van der Waals surface area contributed by atoms with Gasteiger partial charge in [-0.1, -0.05) is 30.3 Å². The third-order valence-electron chi connectivity index (χ3n) is 6.54. The van der Waals surface area contributed by atoms with Crippen molar-refractivity contribution in [2.24, 2.45) is 0 Å². The van der Waals surface area contributed by atoms with Crippen molar-refractivity contribution < 1.29 is 4.74 Å². The molecular formula is C25H30N6O. The van der Waals surface area contributed by atoms with Gasteiger partial charge in [0, 0.05) is 45.3 Å². The molecule has 3 atom stereocenters. The predicted molar refractivity (Wildman–Crippen MR) is 125 cm³/mol. The van der Waals surface area contributed by atoms with Crippen molar-refractivity contribution in [2.45, 2.75) is 31.6 Å². The van der Waals surface area contributed by atoms with E-state index in [9.17, 15) is 5.26 Å². The summed E-state index contributed by atoms with van der Waals surface area (Å²) in [5.41, 5.74) is 4.02. The molecule has 0 aliphatic carbocycles. The van der Waals surface area contributed by atoms with Crippen molar-refractivity contribution in [2.75, 3.05) is 44.2 Å². The monoisotopic (exact) mass is 430 g/mol. The second-order valence-corrected chi connectivity index (χ2v) is 8.86. The topological polar surface area (TPSA) is 68.8 Å². The van der Waals surface area contributed by atoms with Gasteiger partial charge in [0.2, 0.25) is 0 Å². The van der Waals surface area contributed by atoms with Gasteiger partial charge in [0.25, 0.3) is 0 Å². The van der Waals surface area contributed by atoms with Gasteiger partial charge < -0.3 is 15.0 Å². The molecule has 2 saturated heterocycles. The number of hydrogen-bond donors (Lipinski definition) is 1. The normalized spacial score (nSPS) is 24.5. The van der Waals surface area contributed by atoms with Crippen LogP contribution >= 0.6 is 0 Å². The third-order valence-corrected chi connectivity index (χ3v) is 6.54. The maximum Gasteiger partial charge on any atom is 0.142 e. The molecule has 166 valence electrons. The highest BCUT2D eigenvalue weighted by Crippen LogP contribution is 2.27. The number of ether oxygens (including phenoxy) is 1. The summed E-state index contributed by atoms with van der Waals surface area (Å²) in [5.74, 6) is 0. The summed E-state index contributed by atoms with van der Waals surface area (Å²) in [5, 5.41) is 17.3. The minimum absolute atomic E-state index is 0.133. The smallest absolute Gasteiger partial charge is 0.142 e. The Kier molecular flexibility index (Phi) is 6.08. The molecule has 3 aromatic rings. The Balaban J connectivity index is 1.32. The van der Waals surface area contributed by atoms with E-state index in [2.05, 4.69) is 63.5 Å². The van der Waals surface area contributed by atoms with Crippen LogP contribution in [0.25, 0.3) is 5.52 Å². The molecule has 5 rings (SSSR count). The third kappa shape index (κ3) is 4.35. The zero-order valence-electron chi connectivity index (χ0n) is 18.5. The lowest BCUT2D eigenvalue weighted by atomic mass is 10.0. The Labute approximate surface area is 189 Å². The van der Waals surface area contributed by atoms with E-state index < -0.39 is 0 Å². The molecule has 1 unspecified atom stereocenters. The average Bonchev–Trinajstić information content (AvgIpc) is 3.30. The van der Waals surface area contributed by atoms with Gasteiger partial charge >= 0.3 is 0 Å². The van der Waals surface area contributed by atoms with E-state index in [1.54, 1.807) is 10.7 Å². The number of nitriles is 1. The second kappa shape index (κ2) is 9.29. The molecule has 2 aromatic heterocycles. The van der Waals surface area contributed by atoms with E-state index in [1.807, 2.05) is 18.2 Å². The van der Waals surface area contributed by atoms with Crippen LogP contribution < -0.4 is 10.2 Å². The molecule has 0 radical (unpaired) electrons. The molecule has 1 aromatic carbocycles. The van der Waals surface area contributed by atoms with Gasteiger partial charge in [-0.2, -0.15) is 10.4 Å². The van der Waals surface area contributed by atoms with Gasteiger partial charge in [0.05, 0.1) is 29.6 Å². The van der Waals surface area contributed by atoms with Gasteiger partial charge in [-0.3, -0.25) is 4.90 Å². The molecule has 4 heterocycles. The molecular weight excluding hydrogens is 400 g/mol. The number of piperazine rings is 1. The van der Waals surface area contributed by atoms with E-state index in [0.29, 0.717) is 11.7 Å². The fraction of sp³-hybridized carbons (Fsp3) is 0.440. The number of nitrogens with zero attached hydrogens (tertiary/aromatic N) is 5. The number of nitrogens with one attached hydrogen (secondary N) is 1. The molecule has 0 spiro atoms. The maximum atomic E-state index is 9.40. The molecule has 32 heavy (non-hydrogen) atoms. The number of morpholine rings is 1. The second-order valence-electron chi connectivity index (χ2n) is 8.86. The van der Waals surface area contributed by atoms with Crippen LogP contribution in [-0.2, 0) is 11.2 Å². The van der Waals surface area contributed by atoms with Crippen molar-refractivity contribution in [3.05, 3.63) is 66.0 Å². The van der Waals surface area contributed by atoms with Gasteiger partial charge in [0.1, 0.15) is 11.8 Å². The molecule has 0 bridgehead atoms.